The summed E-state index contributed by atoms with van der Waals surface area (Å²) in [7, 11) is 2.01. The highest BCUT2D eigenvalue weighted by Crippen LogP contribution is 2.35. The molecule has 0 spiro atoms. The van der Waals surface area contributed by atoms with Crippen molar-refractivity contribution in [1.29, 1.82) is 0 Å². The Bertz CT molecular complexity index is 1180. The number of nitrogens with zero attached hydrogens (tertiary/aromatic N) is 1. The van der Waals surface area contributed by atoms with Crippen molar-refractivity contribution in [3.05, 3.63) is 48.7 Å². The molecular formula is C31H42N4O2. The maximum Gasteiger partial charge on any atom is 0.222 e. The fourth-order valence-corrected chi connectivity index (χ4v) is 6.29. The molecule has 6 nitrogen and oxygen atoms in total. The van der Waals surface area contributed by atoms with Gasteiger partial charge >= 0.3 is 0 Å². The maximum atomic E-state index is 13.1. The zero-order valence-corrected chi connectivity index (χ0v) is 22.2. The Morgan fingerprint density at radius 1 is 1.05 bits per heavy atom. The number of anilines is 2. The summed E-state index contributed by atoms with van der Waals surface area (Å²) in [6.07, 6.45) is 15.6. The van der Waals surface area contributed by atoms with Crippen LogP contribution in [0, 0.1) is 5.92 Å². The van der Waals surface area contributed by atoms with E-state index in [-0.39, 0.29) is 11.9 Å². The third-order valence-electron chi connectivity index (χ3n) is 8.55. The molecule has 1 heterocycles. The molecule has 37 heavy (non-hydrogen) atoms. The lowest BCUT2D eigenvalue weighted by molar-refractivity contribution is -0.132. The second-order valence-corrected chi connectivity index (χ2v) is 11.0. The molecule has 6 heteroatoms. The lowest BCUT2D eigenvalue weighted by atomic mass is 9.82. The van der Waals surface area contributed by atoms with Crippen LogP contribution in [0.25, 0.3) is 10.9 Å². The Hall–Kier alpha value is -3.15. The Morgan fingerprint density at radius 3 is 2.59 bits per heavy atom. The average molecular weight is 503 g/mol. The normalized spacial score (nSPS) is 18.0. The van der Waals surface area contributed by atoms with Gasteiger partial charge in [-0.05, 0) is 68.4 Å². The van der Waals surface area contributed by atoms with Gasteiger partial charge in [-0.3, -0.25) is 4.79 Å². The summed E-state index contributed by atoms with van der Waals surface area (Å²) >= 11 is 0. The lowest BCUT2D eigenvalue weighted by Crippen LogP contribution is -2.39. The van der Waals surface area contributed by atoms with Gasteiger partial charge in [0.15, 0.2) is 0 Å². The largest absolute Gasteiger partial charge is 0.457 e. The highest BCUT2D eigenvalue weighted by molar-refractivity contribution is 5.86. The number of hydrogen-bond acceptors (Lipinski definition) is 4. The Labute approximate surface area is 220 Å². The highest BCUT2D eigenvalue weighted by Gasteiger charge is 2.27. The third kappa shape index (κ3) is 6.23. The van der Waals surface area contributed by atoms with Crippen LogP contribution >= 0.6 is 0 Å². The molecule has 0 radical (unpaired) electrons. The number of carbonyl (C=O) groups is 1. The van der Waals surface area contributed by atoms with Crippen molar-refractivity contribution in [2.75, 3.05) is 18.1 Å². The van der Waals surface area contributed by atoms with E-state index in [1.165, 1.54) is 51.4 Å². The minimum Gasteiger partial charge on any atom is -0.457 e. The standard InChI is InChI=1S/C31H42N4O2/c1-35(23-11-6-3-7-12-23)31(36)18-17-27(22-9-4-2-5-10-22)34-29-21-24(15-16-26(29)32)37-30-14-8-13-28-25(30)19-20-33-28/h8,13-16,19-23,27,33-34H,2-7,9-12,17-18,32H2,1H3. The number of nitrogens with two attached hydrogens (primary N) is 1. The molecule has 2 saturated carbocycles. The first kappa shape index (κ1) is 25.5. The summed E-state index contributed by atoms with van der Waals surface area (Å²) < 4.78 is 6.29. The molecule has 5 rings (SSSR count). The van der Waals surface area contributed by atoms with Crippen molar-refractivity contribution < 1.29 is 9.53 Å². The van der Waals surface area contributed by atoms with Gasteiger partial charge in [-0.25, -0.2) is 0 Å². The van der Waals surface area contributed by atoms with Gasteiger partial charge in [0.25, 0.3) is 0 Å². The van der Waals surface area contributed by atoms with Crippen LogP contribution in [0.4, 0.5) is 11.4 Å². The first-order chi connectivity index (χ1) is 18.1. The molecule has 1 amide bonds. The Morgan fingerprint density at radius 2 is 1.81 bits per heavy atom. The molecule has 0 saturated heterocycles. The van der Waals surface area contributed by atoms with Crippen LogP contribution in [0.2, 0.25) is 0 Å². The monoisotopic (exact) mass is 502 g/mol. The summed E-state index contributed by atoms with van der Waals surface area (Å²) in [6, 6.07) is 14.5. The van der Waals surface area contributed by atoms with Gasteiger partial charge < -0.3 is 25.7 Å². The van der Waals surface area contributed by atoms with Gasteiger partial charge in [0, 0.05) is 48.7 Å². The van der Waals surface area contributed by atoms with Crippen molar-refractivity contribution >= 4 is 28.2 Å². The number of H-pyrrole nitrogens is 1. The van der Waals surface area contributed by atoms with E-state index < -0.39 is 0 Å². The van der Waals surface area contributed by atoms with E-state index in [2.05, 4.69) is 10.3 Å². The van der Waals surface area contributed by atoms with Gasteiger partial charge in [-0.15, -0.1) is 0 Å². The SMILES string of the molecule is CN(C(=O)CCC(Nc1cc(Oc2cccc3[nH]ccc23)ccc1N)C1CCCCC1)C1CCCCC1. The number of nitrogens with one attached hydrogen (secondary N) is 2. The first-order valence-corrected chi connectivity index (χ1v) is 14.2. The van der Waals surface area contributed by atoms with Gasteiger partial charge in [0.05, 0.1) is 11.4 Å². The van der Waals surface area contributed by atoms with E-state index in [9.17, 15) is 4.79 Å². The van der Waals surface area contributed by atoms with E-state index >= 15 is 0 Å². The number of benzene rings is 2. The molecule has 0 aliphatic heterocycles. The van der Waals surface area contributed by atoms with Crippen molar-refractivity contribution in [1.82, 2.24) is 9.88 Å². The van der Waals surface area contributed by atoms with Crippen LogP contribution in [0.1, 0.15) is 77.0 Å². The molecule has 1 unspecified atom stereocenters. The molecule has 198 valence electrons. The molecule has 2 aliphatic rings. The summed E-state index contributed by atoms with van der Waals surface area (Å²) in [5, 5.41) is 4.82. The summed E-state index contributed by atoms with van der Waals surface area (Å²) in [6.45, 7) is 0. The number of fused-ring (bicyclic) bond motifs is 1. The van der Waals surface area contributed by atoms with Gasteiger partial charge in [0.1, 0.15) is 11.5 Å². The fourth-order valence-electron chi connectivity index (χ4n) is 6.29. The Kier molecular flexibility index (Phi) is 8.22. The number of ether oxygens (including phenoxy) is 1. The lowest BCUT2D eigenvalue weighted by Gasteiger charge is -2.34. The first-order valence-electron chi connectivity index (χ1n) is 14.2. The molecule has 2 fully saturated rings. The molecule has 0 bridgehead atoms. The van der Waals surface area contributed by atoms with Crippen LogP contribution in [0.5, 0.6) is 11.5 Å². The predicted molar refractivity (Wildman–Crippen MR) is 152 cm³/mol. The van der Waals surface area contributed by atoms with Crippen molar-refractivity contribution in [3.63, 3.8) is 0 Å². The number of aromatic nitrogens is 1. The third-order valence-corrected chi connectivity index (χ3v) is 8.55. The maximum absolute atomic E-state index is 13.1. The molecule has 4 N–H and O–H groups in total. The topological polar surface area (TPSA) is 83.4 Å². The quantitative estimate of drug-likeness (QED) is 0.265. The van der Waals surface area contributed by atoms with E-state index in [0.717, 1.165) is 47.4 Å². The van der Waals surface area contributed by atoms with Crippen LogP contribution in [-0.2, 0) is 4.79 Å². The second kappa shape index (κ2) is 11.9. The number of carbonyl (C=O) groups excluding carboxylic acids is 1. The zero-order chi connectivity index (χ0) is 25.6. The fraction of sp³-hybridized carbons (Fsp3) is 0.516. The number of nitrogen functional groups attached to an aromatic ring is 1. The number of aromatic amines is 1. The Balaban J connectivity index is 1.29. The molecular weight excluding hydrogens is 460 g/mol. The van der Waals surface area contributed by atoms with Crippen molar-refractivity contribution in [3.8, 4) is 11.5 Å². The van der Waals surface area contributed by atoms with Crippen LogP contribution in [-0.4, -0.2) is 34.9 Å². The van der Waals surface area contributed by atoms with E-state index in [1.807, 2.05) is 60.6 Å². The van der Waals surface area contributed by atoms with E-state index in [4.69, 9.17) is 10.5 Å². The zero-order valence-electron chi connectivity index (χ0n) is 22.2. The van der Waals surface area contributed by atoms with Crippen LogP contribution < -0.4 is 15.8 Å². The average Bonchev–Trinajstić information content (AvgIpc) is 3.43. The van der Waals surface area contributed by atoms with Crippen LogP contribution in [0.3, 0.4) is 0 Å². The number of hydrogen-bond donors (Lipinski definition) is 3. The molecule has 1 atom stereocenters. The van der Waals surface area contributed by atoms with Crippen molar-refractivity contribution in [2.45, 2.75) is 89.1 Å². The van der Waals surface area contributed by atoms with Crippen LogP contribution in [0.15, 0.2) is 48.7 Å². The smallest absolute Gasteiger partial charge is 0.222 e. The predicted octanol–water partition coefficient (Wildman–Crippen LogP) is 7.47. The van der Waals surface area contributed by atoms with E-state index in [1.54, 1.807) is 0 Å². The summed E-state index contributed by atoms with van der Waals surface area (Å²) in [5.41, 5.74) is 9.08. The van der Waals surface area contributed by atoms with Gasteiger partial charge in [-0.2, -0.15) is 0 Å². The highest BCUT2D eigenvalue weighted by atomic mass is 16.5. The van der Waals surface area contributed by atoms with Gasteiger partial charge in [0.2, 0.25) is 5.91 Å². The number of rotatable bonds is 9. The minimum absolute atomic E-state index is 0.217. The molecule has 2 aromatic carbocycles. The summed E-state index contributed by atoms with van der Waals surface area (Å²) in [4.78, 5) is 18.4. The van der Waals surface area contributed by atoms with E-state index in [0.29, 0.717) is 24.1 Å². The molecule has 1 aromatic heterocycles. The second-order valence-electron chi connectivity index (χ2n) is 11.0. The molecule has 2 aliphatic carbocycles. The summed E-state index contributed by atoms with van der Waals surface area (Å²) in [5.74, 6) is 2.40. The van der Waals surface area contributed by atoms with Crippen molar-refractivity contribution in [2.24, 2.45) is 5.92 Å². The minimum atomic E-state index is 0.217. The van der Waals surface area contributed by atoms with Gasteiger partial charge in [-0.1, -0.05) is 44.6 Å². The molecule has 3 aromatic rings. The number of amides is 1.